The molecule has 0 spiro atoms. The van der Waals surface area contributed by atoms with Gasteiger partial charge < -0.3 is 0 Å². The summed E-state index contributed by atoms with van der Waals surface area (Å²) in [5, 5.41) is 0. The highest BCUT2D eigenvalue weighted by Gasteiger charge is 2.27. The molecule has 0 heteroatoms. The van der Waals surface area contributed by atoms with Crippen molar-refractivity contribution in [1.82, 2.24) is 0 Å². The van der Waals surface area contributed by atoms with Gasteiger partial charge in [-0.25, -0.2) is 0 Å². The molecule has 0 saturated heterocycles. The van der Waals surface area contributed by atoms with Gasteiger partial charge in [-0.2, -0.15) is 0 Å². The third-order valence-electron chi connectivity index (χ3n) is 3.08. The van der Waals surface area contributed by atoms with Crippen LogP contribution in [-0.2, 0) is 0 Å². The molecule has 0 aliphatic carbocycles. The Kier molecular flexibility index (Phi) is 3.33. The van der Waals surface area contributed by atoms with Gasteiger partial charge in [-0.1, -0.05) is 75.4 Å². The lowest BCUT2D eigenvalue weighted by Gasteiger charge is -2.31. The highest BCUT2D eigenvalue weighted by Crippen LogP contribution is 2.40. The molecular weight excluding hydrogens is 204 g/mol. The van der Waals surface area contributed by atoms with Gasteiger partial charge in [0.25, 0.3) is 0 Å². The SMILES string of the molecule is CC(C)(C)C(c1cc[c]cc1)c1ccccc1. The topological polar surface area (TPSA) is 0 Å². The second-order valence-electron chi connectivity index (χ2n) is 5.54. The van der Waals surface area contributed by atoms with Gasteiger partial charge in [-0.3, -0.25) is 0 Å². The molecule has 1 atom stereocenters. The predicted molar refractivity (Wildman–Crippen MR) is 73.0 cm³/mol. The van der Waals surface area contributed by atoms with E-state index >= 15 is 0 Å². The van der Waals surface area contributed by atoms with E-state index in [-0.39, 0.29) is 5.41 Å². The standard InChI is InChI=1S/C17H19/c1-17(2,3)16(14-10-6-4-7-11-14)15-12-8-5-9-13-15/h4,6-13,16H,1-3H3. The molecule has 1 unspecified atom stereocenters. The summed E-state index contributed by atoms with van der Waals surface area (Å²) in [5.41, 5.74) is 2.96. The van der Waals surface area contributed by atoms with Crippen molar-refractivity contribution in [3.05, 3.63) is 71.8 Å². The molecule has 2 aromatic carbocycles. The van der Waals surface area contributed by atoms with Crippen LogP contribution in [0.1, 0.15) is 37.8 Å². The zero-order valence-electron chi connectivity index (χ0n) is 10.8. The third kappa shape index (κ3) is 2.76. The zero-order chi connectivity index (χ0) is 12.3. The van der Waals surface area contributed by atoms with Crippen LogP contribution in [0.15, 0.2) is 54.6 Å². The quantitative estimate of drug-likeness (QED) is 0.694. The Balaban J connectivity index is 2.48. The fourth-order valence-electron chi connectivity index (χ4n) is 2.43. The van der Waals surface area contributed by atoms with Crippen molar-refractivity contribution in [3.63, 3.8) is 0 Å². The van der Waals surface area contributed by atoms with Crippen molar-refractivity contribution in [2.24, 2.45) is 5.41 Å². The summed E-state index contributed by atoms with van der Waals surface area (Å²) < 4.78 is 0. The smallest absolute Gasteiger partial charge is 0.0138 e. The van der Waals surface area contributed by atoms with Crippen LogP contribution < -0.4 is 0 Å². The molecule has 0 heterocycles. The average molecular weight is 223 g/mol. The second-order valence-corrected chi connectivity index (χ2v) is 5.54. The number of rotatable bonds is 2. The van der Waals surface area contributed by atoms with Crippen LogP contribution in [0.5, 0.6) is 0 Å². The number of hydrogen-bond donors (Lipinski definition) is 0. The maximum atomic E-state index is 3.09. The molecule has 0 aliphatic heterocycles. The van der Waals surface area contributed by atoms with Gasteiger partial charge in [0, 0.05) is 5.92 Å². The van der Waals surface area contributed by atoms with Crippen LogP contribution in [0, 0.1) is 11.5 Å². The molecule has 0 nitrogen and oxygen atoms in total. The Morgan fingerprint density at radius 3 is 1.88 bits per heavy atom. The normalized spacial score (nSPS) is 11.8. The van der Waals surface area contributed by atoms with Gasteiger partial charge in [0.05, 0.1) is 0 Å². The van der Waals surface area contributed by atoms with E-state index in [1.807, 2.05) is 12.1 Å². The summed E-state index contributed by atoms with van der Waals surface area (Å²) in [7, 11) is 0. The minimum Gasteiger partial charge on any atom is -0.0622 e. The van der Waals surface area contributed by atoms with Crippen LogP contribution >= 0.6 is 0 Å². The Morgan fingerprint density at radius 2 is 1.35 bits per heavy atom. The van der Waals surface area contributed by atoms with Crippen LogP contribution in [0.3, 0.4) is 0 Å². The Bertz CT molecular complexity index is 409. The summed E-state index contributed by atoms with van der Waals surface area (Å²) in [6.45, 7) is 6.88. The van der Waals surface area contributed by atoms with Gasteiger partial charge in [0.2, 0.25) is 0 Å². The van der Waals surface area contributed by atoms with Crippen LogP contribution in [0.4, 0.5) is 0 Å². The molecule has 2 aromatic rings. The highest BCUT2D eigenvalue weighted by atomic mass is 14.3. The van der Waals surface area contributed by atoms with E-state index in [0.717, 1.165) is 0 Å². The highest BCUT2D eigenvalue weighted by molar-refractivity contribution is 5.34. The van der Waals surface area contributed by atoms with Crippen molar-refractivity contribution < 1.29 is 0 Å². The molecule has 0 aromatic heterocycles. The monoisotopic (exact) mass is 223 g/mol. The van der Waals surface area contributed by atoms with Gasteiger partial charge in [-0.15, -0.1) is 0 Å². The first-order valence-electron chi connectivity index (χ1n) is 6.10. The van der Waals surface area contributed by atoms with Gasteiger partial charge in [-0.05, 0) is 22.6 Å². The lowest BCUT2D eigenvalue weighted by Crippen LogP contribution is -2.19. The van der Waals surface area contributed by atoms with Crippen LogP contribution in [0.2, 0.25) is 0 Å². The fourth-order valence-corrected chi connectivity index (χ4v) is 2.43. The summed E-state index contributed by atoms with van der Waals surface area (Å²) in [4.78, 5) is 0. The molecule has 0 saturated carbocycles. The van der Waals surface area contributed by atoms with E-state index in [2.05, 4.69) is 69.3 Å². The molecule has 0 aliphatic rings. The van der Waals surface area contributed by atoms with Gasteiger partial charge in [0.1, 0.15) is 0 Å². The molecule has 2 rings (SSSR count). The van der Waals surface area contributed by atoms with E-state index in [1.165, 1.54) is 11.1 Å². The average Bonchev–Trinajstić information content (AvgIpc) is 2.30. The van der Waals surface area contributed by atoms with Crippen LogP contribution in [-0.4, -0.2) is 0 Å². The first-order chi connectivity index (χ1) is 8.09. The van der Waals surface area contributed by atoms with Crippen molar-refractivity contribution >= 4 is 0 Å². The van der Waals surface area contributed by atoms with Crippen molar-refractivity contribution in [3.8, 4) is 0 Å². The predicted octanol–water partition coefficient (Wildman–Crippen LogP) is 4.66. The summed E-state index contributed by atoms with van der Waals surface area (Å²) in [6, 6.07) is 22.2. The lowest BCUT2D eigenvalue weighted by molar-refractivity contribution is 0.358. The Morgan fingerprint density at radius 1 is 0.824 bits per heavy atom. The largest absolute Gasteiger partial charge is 0.0622 e. The van der Waals surface area contributed by atoms with Crippen molar-refractivity contribution in [2.45, 2.75) is 26.7 Å². The van der Waals surface area contributed by atoms with E-state index in [0.29, 0.717) is 5.92 Å². The first kappa shape index (κ1) is 11.9. The van der Waals surface area contributed by atoms with Gasteiger partial charge >= 0.3 is 0 Å². The van der Waals surface area contributed by atoms with E-state index in [9.17, 15) is 0 Å². The lowest BCUT2D eigenvalue weighted by atomic mass is 9.73. The summed E-state index contributed by atoms with van der Waals surface area (Å²) in [5.74, 6) is 0.429. The van der Waals surface area contributed by atoms with Gasteiger partial charge in [0.15, 0.2) is 0 Å². The maximum absolute atomic E-state index is 3.09. The second kappa shape index (κ2) is 4.75. The molecule has 87 valence electrons. The summed E-state index contributed by atoms with van der Waals surface area (Å²) in [6.07, 6.45) is 0. The minimum atomic E-state index is 0.211. The van der Waals surface area contributed by atoms with E-state index < -0.39 is 0 Å². The molecule has 0 N–H and O–H groups in total. The summed E-state index contributed by atoms with van der Waals surface area (Å²) >= 11 is 0. The molecule has 17 heavy (non-hydrogen) atoms. The fraction of sp³-hybridized carbons (Fsp3) is 0.294. The van der Waals surface area contributed by atoms with Crippen LogP contribution in [0.25, 0.3) is 0 Å². The maximum Gasteiger partial charge on any atom is 0.0138 e. The molecule has 0 fully saturated rings. The van der Waals surface area contributed by atoms with E-state index in [1.54, 1.807) is 0 Å². The molecular formula is C17H19. The van der Waals surface area contributed by atoms with Crippen molar-refractivity contribution in [2.75, 3.05) is 0 Å². The van der Waals surface area contributed by atoms with Crippen molar-refractivity contribution in [1.29, 1.82) is 0 Å². The number of hydrogen-bond acceptors (Lipinski definition) is 0. The zero-order valence-corrected chi connectivity index (χ0v) is 10.8. The molecule has 1 radical (unpaired) electrons. The van der Waals surface area contributed by atoms with E-state index in [4.69, 9.17) is 0 Å². The molecule has 0 bridgehead atoms. The molecule has 0 amide bonds. The minimum absolute atomic E-state index is 0.211. The number of benzene rings is 2. The first-order valence-corrected chi connectivity index (χ1v) is 6.10. The Labute approximate surface area is 104 Å². The third-order valence-corrected chi connectivity index (χ3v) is 3.08. The Hall–Kier alpha value is -1.56.